The van der Waals surface area contributed by atoms with Crippen molar-refractivity contribution in [2.45, 2.75) is 33.3 Å². The van der Waals surface area contributed by atoms with E-state index in [1.54, 1.807) is 19.1 Å². The van der Waals surface area contributed by atoms with Crippen LogP contribution < -0.4 is 4.74 Å². The lowest BCUT2D eigenvalue weighted by Crippen LogP contribution is -1.95. The first-order valence-electron chi connectivity index (χ1n) is 9.10. The molecule has 0 bridgehead atoms. The van der Waals surface area contributed by atoms with Crippen molar-refractivity contribution < 1.29 is 24.5 Å². The molecule has 0 heterocycles. The molecule has 2 rings (SSSR count). The van der Waals surface area contributed by atoms with Crippen LogP contribution in [0.3, 0.4) is 0 Å². The highest BCUT2D eigenvalue weighted by Gasteiger charge is 1.97. The zero-order valence-electron chi connectivity index (χ0n) is 16.5. The molecule has 0 aliphatic carbocycles. The number of hydrogen-bond donors (Lipinski definition) is 2. The molecule has 0 aromatic heterocycles. The Kier molecular flexibility index (Phi) is 11.1. The van der Waals surface area contributed by atoms with Gasteiger partial charge in [0.25, 0.3) is 0 Å². The second kappa shape index (κ2) is 13.3. The SMILES string of the molecule is CCCC=C(C)C(=O)O.O=C(O)C=Cc1ccc(OCc2ccc(Br)cc2)cc1. The number of aliphatic carboxylic acids is 2. The number of halogens is 1. The molecular formula is C23H25BrO5. The normalized spacial score (nSPS) is 10.9. The number of carbonyl (C=O) groups is 2. The van der Waals surface area contributed by atoms with E-state index in [4.69, 9.17) is 14.9 Å². The van der Waals surface area contributed by atoms with Gasteiger partial charge in [-0.2, -0.15) is 0 Å². The van der Waals surface area contributed by atoms with E-state index in [0.717, 1.165) is 40.3 Å². The highest BCUT2D eigenvalue weighted by atomic mass is 79.9. The van der Waals surface area contributed by atoms with Crippen molar-refractivity contribution in [2.24, 2.45) is 0 Å². The molecule has 0 amide bonds. The van der Waals surface area contributed by atoms with Gasteiger partial charge in [-0.25, -0.2) is 9.59 Å². The van der Waals surface area contributed by atoms with Crippen LogP contribution in [0.5, 0.6) is 5.75 Å². The highest BCUT2D eigenvalue weighted by molar-refractivity contribution is 9.10. The van der Waals surface area contributed by atoms with Crippen LogP contribution in [-0.2, 0) is 16.2 Å². The maximum Gasteiger partial charge on any atom is 0.330 e. The zero-order chi connectivity index (χ0) is 21.6. The Morgan fingerprint density at radius 3 is 2.17 bits per heavy atom. The predicted molar refractivity (Wildman–Crippen MR) is 118 cm³/mol. The Hall–Kier alpha value is -2.86. The summed E-state index contributed by atoms with van der Waals surface area (Å²) in [5, 5.41) is 16.9. The minimum Gasteiger partial charge on any atom is -0.489 e. The highest BCUT2D eigenvalue weighted by Crippen LogP contribution is 2.16. The molecule has 29 heavy (non-hydrogen) atoms. The summed E-state index contributed by atoms with van der Waals surface area (Å²) in [4.78, 5) is 20.5. The fourth-order valence-corrected chi connectivity index (χ4v) is 2.30. The van der Waals surface area contributed by atoms with Crippen molar-refractivity contribution in [2.75, 3.05) is 0 Å². The molecule has 2 aromatic rings. The van der Waals surface area contributed by atoms with Gasteiger partial charge in [-0.05, 0) is 54.8 Å². The smallest absolute Gasteiger partial charge is 0.330 e. The van der Waals surface area contributed by atoms with Gasteiger partial charge in [0.2, 0.25) is 0 Å². The minimum absolute atomic E-state index is 0.442. The summed E-state index contributed by atoms with van der Waals surface area (Å²) in [6.07, 6.45) is 6.25. The van der Waals surface area contributed by atoms with Gasteiger partial charge < -0.3 is 14.9 Å². The summed E-state index contributed by atoms with van der Waals surface area (Å²) in [5.74, 6) is -1.02. The van der Waals surface area contributed by atoms with Crippen molar-refractivity contribution in [1.82, 2.24) is 0 Å². The first kappa shape index (κ1) is 24.2. The van der Waals surface area contributed by atoms with Crippen LogP contribution in [0.2, 0.25) is 0 Å². The fraction of sp³-hybridized carbons (Fsp3) is 0.217. The first-order chi connectivity index (χ1) is 13.8. The van der Waals surface area contributed by atoms with Gasteiger partial charge >= 0.3 is 11.9 Å². The van der Waals surface area contributed by atoms with E-state index in [9.17, 15) is 9.59 Å². The molecule has 0 radical (unpaired) electrons. The molecule has 2 aromatic carbocycles. The predicted octanol–water partition coefficient (Wildman–Crippen LogP) is 5.94. The number of ether oxygens (including phenoxy) is 1. The van der Waals surface area contributed by atoms with E-state index in [-0.39, 0.29) is 0 Å². The average molecular weight is 461 g/mol. The van der Waals surface area contributed by atoms with Crippen molar-refractivity contribution in [3.63, 3.8) is 0 Å². The third-order valence-corrected chi connectivity index (χ3v) is 4.22. The number of carboxylic acids is 2. The summed E-state index contributed by atoms with van der Waals surface area (Å²) in [6.45, 7) is 4.13. The molecule has 5 nitrogen and oxygen atoms in total. The van der Waals surface area contributed by atoms with Crippen molar-refractivity contribution in [3.05, 3.63) is 81.9 Å². The molecule has 0 aliphatic rings. The van der Waals surface area contributed by atoms with E-state index < -0.39 is 11.9 Å². The van der Waals surface area contributed by atoms with Crippen LogP contribution >= 0.6 is 15.9 Å². The molecule has 0 saturated heterocycles. The molecule has 0 atom stereocenters. The number of rotatable bonds is 8. The fourth-order valence-electron chi connectivity index (χ4n) is 2.04. The molecule has 0 fully saturated rings. The summed E-state index contributed by atoms with van der Waals surface area (Å²) in [6, 6.07) is 15.2. The van der Waals surface area contributed by atoms with Crippen LogP contribution in [0.15, 0.2) is 70.7 Å². The van der Waals surface area contributed by atoms with Crippen LogP contribution in [0.4, 0.5) is 0 Å². The molecule has 154 valence electrons. The van der Waals surface area contributed by atoms with Crippen LogP contribution in [0.1, 0.15) is 37.8 Å². The Bertz CT molecular complexity index is 837. The van der Waals surface area contributed by atoms with Gasteiger partial charge in [0.15, 0.2) is 0 Å². The summed E-state index contributed by atoms with van der Waals surface area (Å²) < 4.78 is 6.69. The van der Waals surface area contributed by atoms with Crippen LogP contribution in [0.25, 0.3) is 6.08 Å². The Morgan fingerprint density at radius 1 is 1.03 bits per heavy atom. The molecule has 6 heteroatoms. The van der Waals surface area contributed by atoms with E-state index in [0.29, 0.717) is 12.2 Å². The zero-order valence-corrected chi connectivity index (χ0v) is 18.1. The van der Waals surface area contributed by atoms with E-state index in [1.807, 2.05) is 55.5 Å². The standard InChI is InChI=1S/C16H13BrO3.C7H12O2/c17-14-6-1-13(2-7-14)11-20-15-8-3-12(4-9-15)5-10-16(18)19;1-3-4-5-6(2)7(8)9/h1-10H,11H2,(H,18,19);5H,3-4H2,1-2H3,(H,8,9). The topological polar surface area (TPSA) is 83.8 Å². The number of allylic oxidation sites excluding steroid dienone is 1. The largest absolute Gasteiger partial charge is 0.489 e. The molecule has 0 spiro atoms. The number of benzene rings is 2. The number of carboxylic acid groups (broad SMARTS) is 2. The van der Waals surface area contributed by atoms with Crippen LogP contribution in [0, 0.1) is 0 Å². The number of hydrogen-bond acceptors (Lipinski definition) is 3. The van der Waals surface area contributed by atoms with Crippen molar-refractivity contribution >= 4 is 33.9 Å². The number of unbranched alkanes of at least 4 members (excludes halogenated alkanes) is 1. The van der Waals surface area contributed by atoms with E-state index in [1.165, 1.54) is 0 Å². The maximum absolute atomic E-state index is 10.4. The van der Waals surface area contributed by atoms with Gasteiger partial charge in [0.1, 0.15) is 12.4 Å². The third kappa shape index (κ3) is 10.9. The van der Waals surface area contributed by atoms with Gasteiger partial charge in [-0.3, -0.25) is 0 Å². The molecule has 0 unspecified atom stereocenters. The molecule has 2 N–H and O–H groups in total. The Balaban J connectivity index is 0.000000396. The summed E-state index contributed by atoms with van der Waals surface area (Å²) in [7, 11) is 0. The van der Waals surface area contributed by atoms with Gasteiger partial charge in [-0.15, -0.1) is 0 Å². The van der Waals surface area contributed by atoms with Crippen LogP contribution in [-0.4, -0.2) is 22.2 Å². The monoisotopic (exact) mass is 460 g/mol. The molecule has 0 aliphatic heterocycles. The third-order valence-electron chi connectivity index (χ3n) is 3.69. The van der Waals surface area contributed by atoms with E-state index in [2.05, 4.69) is 15.9 Å². The van der Waals surface area contributed by atoms with Crippen molar-refractivity contribution in [1.29, 1.82) is 0 Å². The Morgan fingerprint density at radius 2 is 1.66 bits per heavy atom. The molecular weight excluding hydrogens is 436 g/mol. The summed E-state index contributed by atoms with van der Waals surface area (Å²) >= 11 is 3.39. The minimum atomic E-state index is -0.958. The quantitative estimate of drug-likeness (QED) is 0.475. The maximum atomic E-state index is 10.4. The van der Waals surface area contributed by atoms with E-state index >= 15 is 0 Å². The summed E-state index contributed by atoms with van der Waals surface area (Å²) in [5.41, 5.74) is 2.35. The van der Waals surface area contributed by atoms with Crippen molar-refractivity contribution in [3.8, 4) is 5.75 Å². The van der Waals surface area contributed by atoms with Gasteiger partial charge in [-0.1, -0.05) is 59.6 Å². The second-order valence-electron chi connectivity index (χ2n) is 6.14. The van der Waals surface area contributed by atoms with Gasteiger partial charge in [0, 0.05) is 16.1 Å². The molecule has 0 saturated carbocycles. The lowest BCUT2D eigenvalue weighted by Gasteiger charge is -2.06. The first-order valence-corrected chi connectivity index (χ1v) is 9.89. The van der Waals surface area contributed by atoms with Gasteiger partial charge in [0.05, 0.1) is 0 Å². The average Bonchev–Trinajstić information content (AvgIpc) is 2.71. The Labute approximate surface area is 179 Å². The second-order valence-corrected chi connectivity index (χ2v) is 7.05. The lowest BCUT2D eigenvalue weighted by atomic mass is 10.2. The lowest BCUT2D eigenvalue weighted by molar-refractivity contribution is -0.133.